The smallest absolute Gasteiger partial charge is 0.192 e. The third-order valence-corrected chi connectivity index (χ3v) is 15.8. The van der Waals surface area contributed by atoms with E-state index < -0.39 is 8.32 Å². The lowest BCUT2D eigenvalue weighted by Gasteiger charge is -2.61. The van der Waals surface area contributed by atoms with Gasteiger partial charge in [0.2, 0.25) is 0 Å². The van der Waals surface area contributed by atoms with E-state index >= 15 is 0 Å². The zero-order valence-electron chi connectivity index (χ0n) is 24.9. The van der Waals surface area contributed by atoms with Crippen molar-refractivity contribution in [3.05, 3.63) is 42.0 Å². The molecule has 0 amide bonds. The van der Waals surface area contributed by atoms with Crippen LogP contribution in [-0.2, 0) is 10.8 Å². The number of unbranched alkanes of at least 4 members (excludes halogenated alkanes) is 3. The number of ether oxygens (including phenoxy) is 1. The molecular formula is C33H54O3Si. The molecule has 0 spiro atoms. The first kappa shape index (κ1) is 28.9. The van der Waals surface area contributed by atoms with Crippen molar-refractivity contribution in [2.45, 2.75) is 122 Å². The van der Waals surface area contributed by atoms with Crippen molar-refractivity contribution in [2.75, 3.05) is 13.7 Å². The van der Waals surface area contributed by atoms with E-state index in [1.54, 1.807) is 12.7 Å². The quantitative estimate of drug-likeness (QED) is 0.188. The molecule has 0 bridgehead atoms. The van der Waals surface area contributed by atoms with E-state index in [0.717, 1.165) is 25.0 Å². The van der Waals surface area contributed by atoms with Crippen LogP contribution in [0.4, 0.5) is 0 Å². The fourth-order valence-corrected chi connectivity index (χ4v) is 9.84. The molecule has 208 valence electrons. The van der Waals surface area contributed by atoms with E-state index in [9.17, 15) is 5.11 Å². The number of hydrogen-bond donors (Lipinski definition) is 1. The highest BCUT2D eigenvalue weighted by molar-refractivity contribution is 6.74. The van der Waals surface area contributed by atoms with Crippen molar-refractivity contribution >= 4 is 8.32 Å². The van der Waals surface area contributed by atoms with Gasteiger partial charge in [0.1, 0.15) is 5.75 Å². The first-order valence-corrected chi connectivity index (χ1v) is 17.9. The minimum Gasteiger partial charge on any atom is -0.497 e. The van der Waals surface area contributed by atoms with Crippen molar-refractivity contribution in [3.8, 4) is 5.75 Å². The molecule has 3 aliphatic rings. The minimum atomic E-state index is -1.87. The summed E-state index contributed by atoms with van der Waals surface area (Å²) in [5.41, 5.74) is 3.38. The van der Waals surface area contributed by atoms with Gasteiger partial charge in [0.15, 0.2) is 8.32 Å². The van der Waals surface area contributed by atoms with Crippen molar-refractivity contribution in [2.24, 2.45) is 22.7 Å². The van der Waals surface area contributed by atoms with Gasteiger partial charge in [0.05, 0.1) is 13.2 Å². The first-order valence-electron chi connectivity index (χ1n) is 15.0. The van der Waals surface area contributed by atoms with Gasteiger partial charge in [-0.15, -0.1) is 6.58 Å². The van der Waals surface area contributed by atoms with E-state index in [2.05, 4.69) is 71.6 Å². The summed E-state index contributed by atoms with van der Waals surface area (Å²) in [5, 5.41) is 9.50. The summed E-state index contributed by atoms with van der Waals surface area (Å²) in [6.45, 7) is 19.5. The molecule has 37 heavy (non-hydrogen) atoms. The largest absolute Gasteiger partial charge is 0.497 e. The SMILES string of the molecule is C=C[C@@]12CCc3cc(OC)ccc3[C@H]1[C@@H](CCCCCCO)C[C@]1(C)[C@@H](O[Si](C)(C)C(C)(C)C)CC[C@H]12. The third kappa shape index (κ3) is 5.12. The highest BCUT2D eigenvalue weighted by Crippen LogP contribution is 2.70. The maximum atomic E-state index is 9.27. The predicted octanol–water partition coefficient (Wildman–Crippen LogP) is 8.67. The van der Waals surface area contributed by atoms with Crippen LogP contribution in [0.2, 0.25) is 18.1 Å². The second-order valence-corrected chi connectivity index (χ2v) is 19.0. The number of allylic oxidation sites excluding steroid dienone is 1. The van der Waals surface area contributed by atoms with Crippen LogP contribution in [0.15, 0.2) is 30.9 Å². The van der Waals surface area contributed by atoms with E-state index in [1.807, 2.05) is 0 Å². The number of aliphatic hydroxyl groups is 1. The Kier molecular flexibility index (Phi) is 8.44. The highest BCUT2D eigenvalue weighted by atomic mass is 28.4. The Morgan fingerprint density at radius 3 is 2.51 bits per heavy atom. The van der Waals surface area contributed by atoms with E-state index in [0.29, 0.717) is 30.5 Å². The molecule has 0 aliphatic heterocycles. The maximum absolute atomic E-state index is 9.27. The molecule has 1 aromatic carbocycles. The van der Waals surface area contributed by atoms with Crippen LogP contribution in [0.3, 0.4) is 0 Å². The zero-order chi connectivity index (χ0) is 27.1. The Morgan fingerprint density at radius 1 is 1.14 bits per heavy atom. The summed E-state index contributed by atoms with van der Waals surface area (Å²) < 4.78 is 12.9. The molecule has 0 heterocycles. The molecular weight excluding hydrogens is 472 g/mol. The van der Waals surface area contributed by atoms with Crippen molar-refractivity contribution in [1.29, 1.82) is 0 Å². The van der Waals surface area contributed by atoms with Crippen LogP contribution in [0.1, 0.15) is 103 Å². The fraction of sp³-hybridized carbons (Fsp3) is 0.758. The van der Waals surface area contributed by atoms with Gasteiger partial charge in [0.25, 0.3) is 0 Å². The van der Waals surface area contributed by atoms with Crippen LogP contribution in [-0.4, -0.2) is 33.2 Å². The van der Waals surface area contributed by atoms with Crippen molar-refractivity contribution in [3.63, 3.8) is 0 Å². The highest BCUT2D eigenvalue weighted by Gasteiger charge is 2.64. The monoisotopic (exact) mass is 526 g/mol. The lowest BCUT2D eigenvalue weighted by Crippen LogP contribution is -2.56. The fourth-order valence-electron chi connectivity index (χ4n) is 8.39. The van der Waals surface area contributed by atoms with Crippen LogP contribution in [0.25, 0.3) is 0 Å². The molecule has 6 atom stereocenters. The normalized spacial score (nSPS) is 33.4. The number of methoxy groups -OCH3 is 1. The average molecular weight is 527 g/mol. The number of benzene rings is 1. The molecule has 0 saturated heterocycles. The summed E-state index contributed by atoms with van der Waals surface area (Å²) in [6.07, 6.45) is 14.5. The second kappa shape index (κ2) is 10.8. The van der Waals surface area contributed by atoms with Crippen LogP contribution in [0, 0.1) is 22.7 Å². The average Bonchev–Trinajstić information content (AvgIpc) is 3.17. The summed E-state index contributed by atoms with van der Waals surface area (Å²) in [4.78, 5) is 0. The van der Waals surface area contributed by atoms with Crippen LogP contribution in [0.5, 0.6) is 5.75 Å². The van der Waals surface area contributed by atoms with Gasteiger partial charge in [-0.05, 0) is 115 Å². The molecule has 4 rings (SSSR count). The maximum Gasteiger partial charge on any atom is 0.192 e. The number of fused-ring (bicyclic) bond motifs is 5. The standard InChI is InChI=1S/C33H54O3Si/c1-9-33-20-19-24-22-26(35-6)15-16-27(24)30(33)25(14-12-10-11-13-21-34)23-32(5)28(33)17-18-29(32)36-37(7,8)31(2,3)4/h9,15-16,22,25,28-30,34H,1,10-14,17-21,23H2,2-8H3/t25-,28+,29-,30+,32-,33-/m0/s1. The summed E-state index contributed by atoms with van der Waals surface area (Å²) in [5.74, 6) is 2.76. The van der Waals surface area contributed by atoms with Gasteiger partial charge in [-0.2, -0.15) is 0 Å². The topological polar surface area (TPSA) is 38.7 Å². The van der Waals surface area contributed by atoms with Gasteiger partial charge < -0.3 is 14.3 Å². The number of rotatable bonds is 10. The Bertz CT molecular complexity index is 949. The lowest BCUT2D eigenvalue weighted by atomic mass is 9.44. The summed E-state index contributed by atoms with van der Waals surface area (Å²) in [7, 11) is -0.0867. The summed E-state index contributed by atoms with van der Waals surface area (Å²) >= 11 is 0. The van der Waals surface area contributed by atoms with E-state index in [-0.39, 0.29) is 15.9 Å². The molecule has 2 fully saturated rings. The molecule has 3 aliphatic carbocycles. The van der Waals surface area contributed by atoms with E-state index in [1.165, 1.54) is 50.5 Å². The zero-order valence-corrected chi connectivity index (χ0v) is 25.9. The molecule has 1 N–H and O–H groups in total. The van der Waals surface area contributed by atoms with Gasteiger partial charge in [-0.1, -0.05) is 59.1 Å². The van der Waals surface area contributed by atoms with E-state index in [4.69, 9.17) is 9.16 Å². The number of aliphatic hydroxyl groups excluding tert-OH is 1. The number of hydrogen-bond acceptors (Lipinski definition) is 3. The van der Waals surface area contributed by atoms with Gasteiger partial charge >= 0.3 is 0 Å². The van der Waals surface area contributed by atoms with Crippen molar-refractivity contribution < 1.29 is 14.3 Å². The lowest BCUT2D eigenvalue weighted by molar-refractivity contribution is -0.0772. The van der Waals surface area contributed by atoms with Crippen LogP contribution < -0.4 is 4.74 Å². The Balaban J connectivity index is 1.72. The van der Waals surface area contributed by atoms with Gasteiger partial charge in [-0.3, -0.25) is 0 Å². The molecule has 3 nitrogen and oxygen atoms in total. The molecule has 0 unspecified atom stereocenters. The predicted molar refractivity (Wildman–Crippen MR) is 158 cm³/mol. The second-order valence-electron chi connectivity index (χ2n) is 14.3. The molecule has 4 heteroatoms. The molecule has 2 saturated carbocycles. The molecule has 1 aromatic rings. The third-order valence-electron chi connectivity index (χ3n) is 11.3. The van der Waals surface area contributed by atoms with Crippen LogP contribution >= 0.6 is 0 Å². The first-order chi connectivity index (χ1) is 17.4. The Hall–Kier alpha value is -1.10. The Morgan fingerprint density at radius 2 is 1.86 bits per heavy atom. The molecule has 0 radical (unpaired) electrons. The van der Waals surface area contributed by atoms with Gasteiger partial charge in [0, 0.05) is 6.61 Å². The minimum absolute atomic E-state index is 0.135. The summed E-state index contributed by atoms with van der Waals surface area (Å²) in [6, 6.07) is 6.87. The number of aryl methyl sites for hydroxylation is 1. The molecule has 0 aromatic heterocycles. The van der Waals surface area contributed by atoms with Crippen molar-refractivity contribution in [1.82, 2.24) is 0 Å². The Labute approximate surface area is 228 Å². The van der Waals surface area contributed by atoms with Gasteiger partial charge in [-0.25, -0.2) is 0 Å².